The molecule has 0 aromatic carbocycles. The maximum atomic E-state index is 8.87. The van der Waals surface area contributed by atoms with Crippen molar-refractivity contribution in [1.29, 1.82) is 0 Å². The van der Waals surface area contributed by atoms with Gasteiger partial charge in [-0.3, -0.25) is 4.68 Å². The van der Waals surface area contributed by atoms with Gasteiger partial charge in [0.1, 0.15) is 0 Å². The van der Waals surface area contributed by atoms with Gasteiger partial charge in [-0.15, -0.1) is 5.10 Å². The SMILES string of the molecule is CCNCc1cn(CC(C)CO)nn1. The lowest BCUT2D eigenvalue weighted by Crippen LogP contribution is -2.12. The Labute approximate surface area is 84.1 Å². The Balaban J connectivity index is 2.42. The molecule has 1 atom stereocenters. The van der Waals surface area contributed by atoms with Gasteiger partial charge in [-0.2, -0.15) is 0 Å². The summed E-state index contributed by atoms with van der Waals surface area (Å²) >= 11 is 0. The minimum absolute atomic E-state index is 0.183. The molecule has 1 heterocycles. The highest BCUT2D eigenvalue weighted by molar-refractivity contribution is 4.91. The van der Waals surface area contributed by atoms with Crippen molar-refractivity contribution < 1.29 is 5.11 Å². The van der Waals surface area contributed by atoms with Gasteiger partial charge in [0.25, 0.3) is 0 Å². The first kappa shape index (κ1) is 11.1. The normalized spacial score (nSPS) is 13.1. The predicted octanol–water partition coefficient (Wildman–Crippen LogP) is 0.0160. The zero-order chi connectivity index (χ0) is 10.4. The van der Waals surface area contributed by atoms with Crippen LogP contribution >= 0.6 is 0 Å². The Kier molecular flexibility index (Phi) is 4.55. The van der Waals surface area contributed by atoms with Crippen molar-refractivity contribution in [3.8, 4) is 0 Å². The van der Waals surface area contributed by atoms with Crippen molar-refractivity contribution >= 4 is 0 Å². The third-order valence-electron chi connectivity index (χ3n) is 1.95. The lowest BCUT2D eigenvalue weighted by atomic mass is 10.2. The molecule has 1 unspecified atom stereocenters. The Morgan fingerprint density at radius 2 is 2.43 bits per heavy atom. The number of hydrogen-bond donors (Lipinski definition) is 2. The van der Waals surface area contributed by atoms with Gasteiger partial charge in [-0.1, -0.05) is 19.1 Å². The number of nitrogens with one attached hydrogen (secondary N) is 1. The van der Waals surface area contributed by atoms with E-state index in [0.717, 1.165) is 25.3 Å². The Hall–Kier alpha value is -0.940. The molecule has 0 fully saturated rings. The maximum Gasteiger partial charge on any atom is 0.0964 e. The molecule has 0 radical (unpaired) electrons. The summed E-state index contributed by atoms with van der Waals surface area (Å²) in [5.41, 5.74) is 0.942. The fourth-order valence-corrected chi connectivity index (χ4v) is 1.14. The highest BCUT2D eigenvalue weighted by atomic mass is 16.3. The topological polar surface area (TPSA) is 63.0 Å². The van der Waals surface area contributed by atoms with Crippen LogP contribution in [0, 0.1) is 5.92 Å². The van der Waals surface area contributed by atoms with E-state index in [-0.39, 0.29) is 12.5 Å². The van der Waals surface area contributed by atoms with Gasteiger partial charge in [0, 0.05) is 25.9 Å². The summed E-state index contributed by atoms with van der Waals surface area (Å²) < 4.78 is 1.77. The van der Waals surface area contributed by atoms with Crippen LogP contribution in [0.5, 0.6) is 0 Å². The summed E-state index contributed by atoms with van der Waals surface area (Å²) in [6.07, 6.45) is 1.91. The van der Waals surface area contributed by atoms with E-state index in [0.29, 0.717) is 0 Å². The van der Waals surface area contributed by atoms with Crippen LogP contribution in [-0.4, -0.2) is 33.3 Å². The zero-order valence-electron chi connectivity index (χ0n) is 8.77. The van der Waals surface area contributed by atoms with Crippen molar-refractivity contribution in [2.24, 2.45) is 5.92 Å². The second-order valence-electron chi connectivity index (χ2n) is 3.50. The van der Waals surface area contributed by atoms with Crippen LogP contribution in [0.3, 0.4) is 0 Å². The smallest absolute Gasteiger partial charge is 0.0964 e. The highest BCUT2D eigenvalue weighted by Crippen LogP contribution is 1.99. The molecule has 1 rings (SSSR count). The first-order valence-corrected chi connectivity index (χ1v) is 4.96. The van der Waals surface area contributed by atoms with Crippen molar-refractivity contribution in [2.45, 2.75) is 26.9 Å². The van der Waals surface area contributed by atoms with E-state index in [4.69, 9.17) is 5.11 Å². The van der Waals surface area contributed by atoms with Crippen LogP contribution in [-0.2, 0) is 13.1 Å². The van der Waals surface area contributed by atoms with E-state index in [1.54, 1.807) is 4.68 Å². The molecule has 0 spiro atoms. The average Bonchev–Trinajstić information content (AvgIpc) is 2.62. The van der Waals surface area contributed by atoms with Crippen LogP contribution in [0.2, 0.25) is 0 Å². The van der Waals surface area contributed by atoms with E-state index >= 15 is 0 Å². The second kappa shape index (κ2) is 5.72. The van der Waals surface area contributed by atoms with Crippen molar-refractivity contribution in [2.75, 3.05) is 13.2 Å². The Bertz CT molecular complexity index is 261. The lowest BCUT2D eigenvalue weighted by Gasteiger charge is -2.05. The molecule has 0 aliphatic heterocycles. The minimum atomic E-state index is 0.183. The summed E-state index contributed by atoms with van der Waals surface area (Å²) in [5, 5.41) is 20.0. The molecule has 0 amide bonds. The minimum Gasteiger partial charge on any atom is -0.396 e. The summed E-state index contributed by atoms with van der Waals surface area (Å²) in [6, 6.07) is 0. The molecule has 1 aromatic rings. The Morgan fingerprint density at radius 1 is 1.64 bits per heavy atom. The van der Waals surface area contributed by atoms with Crippen LogP contribution in [0.1, 0.15) is 19.5 Å². The predicted molar refractivity (Wildman–Crippen MR) is 53.7 cm³/mol. The maximum absolute atomic E-state index is 8.87. The monoisotopic (exact) mass is 198 g/mol. The highest BCUT2D eigenvalue weighted by Gasteiger charge is 2.04. The fourth-order valence-electron chi connectivity index (χ4n) is 1.14. The third kappa shape index (κ3) is 3.43. The van der Waals surface area contributed by atoms with Crippen LogP contribution in [0.15, 0.2) is 6.20 Å². The lowest BCUT2D eigenvalue weighted by molar-refractivity contribution is 0.218. The van der Waals surface area contributed by atoms with E-state index < -0.39 is 0 Å². The van der Waals surface area contributed by atoms with E-state index in [1.807, 2.05) is 13.1 Å². The molecule has 5 nitrogen and oxygen atoms in total. The number of aliphatic hydroxyl groups excluding tert-OH is 1. The molecule has 0 aliphatic rings. The quantitative estimate of drug-likeness (QED) is 0.676. The number of hydrogen-bond acceptors (Lipinski definition) is 4. The van der Waals surface area contributed by atoms with Crippen molar-refractivity contribution in [3.63, 3.8) is 0 Å². The number of aromatic nitrogens is 3. The zero-order valence-corrected chi connectivity index (χ0v) is 8.77. The molecule has 0 saturated heterocycles. The van der Waals surface area contributed by atoms with Crippen molar-refractivity contribution in [3.05, 3.63) is 11.9 Å². The van der Waals surface area contributed by atoms with Gasteiger partial charge in [-0.05, 0) is 12.5 Å². The van der Waals surface area contributed by atoms with Gasteiger partial charge in [0.2, 0.25) is 0 Å². The second-order valence-corrected chi connectivity index (χ2v) is 3.50. The number of rotatable bonds is 6. The molecule has 0 bridgehead atoms. The third-order valence-corrected chi connectivity index (χ3v) is 1.95. The molecule has 0 aliphatic carbocycles. The summed E-state index contributed by atoms with van der Waals surface area (Å²) in [6.45, 7) is 6.62. The van der Waals surface area contributed by atoms with Crippen LogP contribution in [0.25, 0.3) is 0 Å². The van der Waals surface area contributed by atoms with E-state index in [9.17, 15) is 0 Å². The average molecular weight is 198 g/mol. The molecule has 14 heavy (non-hydrogen) atoms. The molecular weight excluding hydrogens is 180 g/mol. The van der Waals surface area contributed by atoms with Gasteiger partial charge in [0.15, 0.2) is 0 Å². The van der Waals surface area contributed by atoms with Crippen LogP contribution in [0.4, 0.5) is 0 Å². The van der Waals surface area contributed by atoms with Crippen molar-refractivity contribution in [1.82, 2.24) is 20.3 Å². The van der Waals surface area contributed by atoms with Gasteiger partial charge in [-0.25, -0.2) is 0 Å². The first-order chi connectivity index (χ1) is 6.76. The molecule has 2 N–H and O–H groups in total. The van der Waals surface area contributed by atoms with Gasteiger partial charge < -0.3 is 10.4 Å². The largest absolute Gasteiger partial charge is 0.396 e. The summed E-state index contributed by atoms with van der Waals surface area (Å²) in [7, 11) is 0. The fraction of sp³-hybridized carbons (Fsp3) is 0.778. The van der Waals surface area contributed by atoms with Gasteiger partial charge >= 0.3 is 0 Å². The van der Waals surface area contributed by atoms with E-state index in [2.05, 4.69) is 22.6 Å². The number of nitrogens with zero attached hydrogens (tertiary/aromatic N) is 3. The molecule has 0 saturated carbocycles. The standard InChI is InChI=1S/C9H18N4O/c1-3-10-4-9-6-13(12-11-9)5-8(2)7-14/h6,8,10,14H,3-5,7H2,1-2H3. The summed E-state index contributed by atoms with van der Waals surface area (Å²) in [5.74, 6) is 0.226. The first-order valence-electron chi connectivity index (χ1n) is 4.96. The molecule has 80 valence electrons. The molecular formula is C9H18N4O. The molecule has 1 aromatic heterocycles. The summed E-state index contributed by atoms with van der Waals surface area (Å²) in [4.78, 5) is 0. The van der Waals surface area contributed by atoms with E-state index in [1.165, 1.54) is 0 Å². The Morgan fingerprint density at radius 3 is 3.07 bits per heavy atom. The van der Waals surface area contributed by atoms with Crippen LogP contribution < -0.4 is 5.32 Å². The number of aliphatic hydroxyl groups is 1. The van der Waals surface area contributed by atoms with Gasteiger partial charge in [0.05, 0.1) is 5.69 Å². The molecule has 5 heteroatoms.